The molecule has 0 aliphatic heterocycles. The minimum Gasteiger partial charge on any atom is -0.495 e. The summed E-state index contributed by atoms with van der Waals surface area (Å²) in [6.07, 6.45) is 2.42. The molecule has 102 valence electrons. The van der Waals surface area contributed by atoms with Crippen molar-refractivity contribution in [1.29, 1.82) is 0 Å². The molecule has 1 heterocycles. The van der Waals surface area contributed by atoms with E-state index in [1.165, 1.54) is 31.7 Å². The van der Waals surface area contributed by atoms with Crippen molar-refractivity contribution < 1.29 is 17.7 Å². The molecule has 0 spiro atoms. The lowest BCUT2D eigenvalue weighted by molar-refractivity contribution is 0.402. The minimum absolute atomic E-state index is 0.0723. The molecular formula is C10H10BrN3O4S. The normalized spacial score (nSPS) is 11.3. The van der Waals surface area contributed by atoms with Gasteiger partial charge in [-0.1, -0.05) is 5.16 Å². The number of hydrogen-bond acceptors (Lipinski definition) is 6. The summed E-state index contributed by atoms with van der Waals surface area (Å²) in [5.41, 5.74) is 6.18. The average Bonchev–Trinajstić information content (AvgIpc) is 2.84. The van der Waals surface area contributed by atoms with Gasteiger partial charge in [0, 0.05) is 10.2 Å². The average molecular weight is 348 g/mol. The van der Waals surface area contributed by atoms with E-state index >= 15 is 0 Å². The minimum atomic E-state index is -3.84. The van der Waals surface area contributed by atoms with Gasteiger partial charge in [-0.2, -0.15) is 0 Å². The van der Waals surface area contributed by atoms with E-state index in [-0.39, 0.29) is 22.0 Å². The third kappa shape index (κ3) is 2.82. The van der Waals surface area contributed by atoms with E-state index in [9.17, 15) is 8.42 Å². The molecule has 0 bridgehead atoms. The van der Waals surface area contributed by atoms with Gasteiger partial charge < -0.3 is 15.0 Å². The molecular weight excluding hydrogens is 338 g/mol. The first kappa shape index (κ1) is 13.7. The molecule has 0 fully saturated rings. The van der Waals surface area contributed by atoms with Crippen molar-refractivity contribution in [2.45, 2.75) is 4.90 Å². The molecule has 0 saturated carbocycles. The molecule has 2 aromatic rings. The molecule has 0 aliphatic carbocycles. The van der Waals surface area contributed by atoms with E-state index in [0.29, 0.717) is 4.47 Å². The highest BCUT2D eigenvalue weighted by Gasteiger charge is 2.22. The number of nitrogens with two attached hydrogens (primary N) is 1. The molecule has 1 aromatic carbocycles. The predicted molar refractivity (Wildman–Crippen MR) is 72.4 cm³/mol. The van der Waals surface area contributed by atoms with Crippen molar-refractivity contribution >= 4 is 37.3 Å². The van der Waals surface area contributed by atoms with Crippen molar-refractivity contribution in [1.82, 2.24) is 5.16 Å². The smallest absolute Gasteiger partial charge is 0.265 e. The van der Waals surface area contributed by atoms with Crippen molar-refractivity contribution in [3.8, 4) is 5.75 Å². The number of ether oxygens (including phenoxy) is 1. The van der Waals surface area contributed by atoms with Crippen LogP contribution >= 0.6 is 15.9 Å². The van der Waals surface area contributed by atoms with Crippen LogP contribution in [0.5, 0.6) is 5.75 Å². The first-order valence-electron chi connectivity index (χ1n) is 4.99. The van der Waals surface area contributed by atoms with E-state index in [1.807, 2.05) is 0 Å². The van der Waals surface area contributed by atoms with Crippen LogP contribution in [0, 0.1) is 0 Å². The fourth-order valence-electron chi connectivity index (χ4n) is 1.39. The quantitative estimate of drug-likeness (QED) is 0.817. The van der Waals surface area contributed by atoms with E-state index < -0.39 is 10.0 Å². The van der Waals surface area contributed by atoms with Gasteiger partial charge in [0.05, 0.1) is 13.3 Å². The lowest BCUT2D eigenvalue weighted by Gasteiger charge is -2.12. The fraction of sp³-hybridized carbons (Fsp3) is 0.100. The number of anilines is 2. The zero-order valence-electron chi connectivity index (χ0n) is 9.75. The van der Waals surface area contributed by atoms with Crippen LogP contribution in [0.4, 0.5) is 11.4 Å². The predicted octanol–water partition coefficient (Wildman–Crippen LogP) is 1.83. The summed E-state index contributed by atoms with van der Waals surface area (Å²) < 4.78 is 36.9. The SMILES string of the molecule is COc1cc(Br)c(N)cc1S(=O)(=O)Nc1cnoc1. The molecule has 2 rings (SSSR count). The fourth-order valence-corrected chi connectivity index (χ4v) is 2.92. The second kappa shape index (κ2) is 5.10. The van der Waals surface area contributed by atoms with Gasteiger partial charge in [-0.05, 0) is 28.1 Å². The zero-order chi connectivity index (χ0) is 14.0. The van der Waals surface area contributed by atoms with Gasteiger partial charge in [0.15, 0.2) is 0 Å². The standard InChI is InChI=1S/C10H10BrN3O4S/c1-17-9-2-7(11)8(12)3-10(9)19(15,16)14-6-4-13-18-5-6/h2-5,14H,12H2,1H3. The van der Waals surface area contributed by atoms with Crippen LogP contribution < -0.4 is 15.2 Å². The molecule has 7 nitrogen and oxygen atoms in total. The third-order valence-electron chi connectivity index (χ3n) is 2.26. The maximum absolute atomic E-state index is 12.2. The van der Waals surface area contributed by atoms with Gasteiger partial charge in [-0.25, -0.2) is 8.42 Å². The van der Waals surface area contributed by atoms with Crippen molar-refractivity contribution in [3.63, 3.8) is 0 Å². The summed E-state index contributed by atoms with van der Waals surface area (Å²) in [5, 5.41) is 3.41. The number of rotatable bonds is 4. The molecule has 0 aliphatic rings. The molecule has 0 atom stereocenters. The van der Waals surface area contributed by atoms with E-state index in [4.69, 9.17) is 10.5 Å². The molecule has 19 heavy (non-hydrogen) atoms. The molecule has 0 saturated heterocycles. The van der Waals surface area contributed by atoms with Crippen LogP contribution in [0.15, 0.2) is 38.5 Å². The monoisotopic (exact) mass is 347 g/mol. The van der Waals surface area contributed by atoms with Crippen molar-refractivity contribution in [3.05, 3.63) is 29.1 Å². The number of nitrogen functional groups attached to an aromatic ring is 1. The van der Waals surface area contributed by atoms with Crippen LogP contribution in [-0.2, 0) is 10.0 Å². The number of sulfonamides is 1. The second-order valence-corrected chi connectivity index (χ2v) is 6.05. The highest BCUT2D eigenvalue weighted by Crippen LogP contribution is 2.33. The summed E-state index contributed by atoms with van der Waals surface area (Å²) in [6.45, 7) is 0. The van der Waals surface area contributed by atoms with E-state index in [2.05, 4.69) is 30.3 Å². The molecule has 0 unspecified atom stereocenters. The lowest BCUT2D eigenvalue weighted by Crippen LogP contribution is -2.14. The van der Waals surface area contributed by atoms with Crippen molar-refractivity contribution in [2.75, 3.05) is 17.6 Å². The zero-order valence-corrected chi connectivity index (χ0v) is 12.2. The van der Waals surface area contributed by atoms with Gasteiger partial charge in [0.2, 0.25) is 0 Å². The van der Waals surface area contributed by atoms with Crippen LogP contribution in [0.3, 0.4) is 0 Å². The Bertz CT molecular complexity index is 685. The lowest BCUT2D eigenvalue weighted by atomic mass is 10.3. The highest BCUT2D eigenvalue weighted by molar-refractivity contribution is 9.10. The number of methoxy groups -OCH3 is 1. The summed E-state index contributed by atoms with van der Waals surface area (Å²) in [6, 6.07) is 2.79. The number of halogens is 1. The Morgan fingerprint density at radius 3 is 2.79 bits per heavy atom. The Morgan fingerprint density at radius 2 is 2.21 bits per heavy atom. The number of nitrogens with zero attached hydrogens (tertiary/aromatic N) is 1. The van der Waals surface area contributed by atoms with Crippen LogP contribution in [0.1, 0.15) is 0 Å². The summed E-state index contributed by atoms with van der Waals surface area (Å²) in [5.74, 6) is 0.171. The van der Waals surface area contributed by atoms with Gasteiger partial charge in [-0.15, -0.1) is 0 Å². The van der Waals surface area contributed by atoms with Gasteiger partial charge >= 0.3 is 0 Å². The Morgan fingerprint density at radius 1 is 1.47 bits per heavy atom. The maximum Gasteiger partial charge on any atom is 0.265 e. The second-order valence-electron chi connectivity index (χ2n) is 3.54. The van der Waals surface area contributed by atoms with Crippen LogP contribution in [0.2, 0.25) is 0 Å². The topological polar surface area (TPSA) is 107 Å². The molecule has 0 radical (unpaired) electrons. The van der Waals surface area contributed by atoms with Gasteiger partial charge in [0.25, 0.3) is 10.0 Å². The Kier molecular flexibility index (Phi) is 3.67. The molecule has 3 N–H and O–H groups in total. The summed E-state index contributed by atoms with van der Waals surface area (Å²) in [7, 11) is -2.47. The number of hydrogen-bond donors (Lipinski definition) is 2. The van der Waals surface area contributed by atoms with Crippen LogP contribution in [-0.4, -0.2) is 20.7 Å². The molecule has 0 amide bonds. The first-order valence-corrected chi connectivity index (χ1v) is 7.27. The highest BCUT2D eigenvalue weighted by atomic mass is 79.9. The van der Waals surface area contributed by atoms with Crippen molar-refractivity contribution in [2.24, 2.45) is 0 Å². The molecule has 9 heteroatoms. The Hall–Kier alpha value is -1.74. The van der Waals surface area contributed by atoms with E-state index in [0.717, 1.165) is 0 Å². The third-order valence-corrected chi connectivity index (χ3v) is 4.35. The van der Waals surface area contributed by atoms with Gasteiger partial charge in [0.1, 0.15) is 22.6 Å². The number of aromatic nitrogens is 1. The van der Waals surface area contributed by atoms with E-state index in [1.54, 1.807) is 0 Å². The van der Waals surface area contributed by atoms with Crippen LogP contribution in [0.25, 0.3) is 0 Å². The number of nitrogens with one attached hydrogen (secondary N) is 1. The van der Waals surface area contributed by atoms with Gasteiger partial charge in [-0.3, -0.25) is 4.72 Å². The maximum atomic E-state index is 12.2. The molecule has 1 aromatic heterocycles. The largest absolute Gasteiger partial charge is 0.495 e. The Labute approximate surface area is 117 Å². The summed E-state index contributed by atoms with van der Waals surface area (Å²) >= 11 is 3.20. The summed E-state index contributed by atoms with van der Waals surface area (Å²) in [4.78, 5) is -0.0723. The number of benzene rings is 1. The first-order chi connectivity index (χ1) is 8.94. The Balaban J connectivity index is 2.48.